The zero-order valence-corrected chi connectivity index (χ0v) is 13.3. The van der Waals surface area contributed by atoms with Gasteiger partial charge < -0.3 is 10.1 Å². The standard InChI is InChI=1S/C18H23NOS/c1-2-6-14(5-1)20-12-16-15-7-3-4-8-17(15)21-18(16)11-19-13-9-10-13/h3-4,7-8,13-14,19H,1-2,5-6,9-12H2. The van der Waals surface area contributed by atoms with Gasteiger partial charge in [-0.3, -0.25) is 0 Å². The van der Waals surface area contributed by atoms with E-state index in [1.807, 2.05) is 11.3 Å². The van der Waals surface area contributed by atoms with Gasteiger partial charge in [-0.2, -0.15) is 0 Å². The van der Waals surface area contributed by atoms with Crippen LogP contribution in [0.3, 0.4) is 0 Å². The highest BCUT2D eigenvalue weighted by Gasteiger charge is 2.22. The highest BCUT2D eigenvalue weighted by atomic mass is 32.1. The van der Waals surface area contributed by atoms with Gasteiger partial charge in [0, 0.05) is 27.7 Å². The van der Waals surface area contributed by atoms with Crippen molar-refractivity contribution in [3.05, 3.63) is 34.7 Å². The summed E-state index contributed by atoms with van der Waals surface area (Å²) < 4.78 is 7.60. The van der Waals surface area contributed by atoms with Gasteiger partial charge in [0.15, 0.2) is 0 Å². The minimum atomic E-state index is 0.493. The number of ether oxygens (including phenoxy) is 1. The Morgan fingerprint density at radius 3 is 2.71 bits per heavy atom. The van der Waals surface area contributed by atoms with E-state index in [-0.39, 0.29) is 0 Å². The topological polar surface area (TPSA) is 21.3 Å². The molecule has 1 N–H and O–H groups in total. The van der Waals surface area contributed by atoms with Crippen LogP contribution in [0.5, 0.6) is 0 Å². The van der Waals surface area contributed by atoms with Crippen molar-refractivity contribution in [1.29, 1.82) is 0 Å². The Bertz CT molecular complexity index is 611. The number of rotatable bonds is 6. The van der Waals surface area contributed by atoms with Gasteiger partial charge in [0.2, 0.25) is 0 Å². The van der Waals surface area contributed by atoms with E-state index in [4.69, 9.17) is 4.74 Å². The number of thiophene rings is 1. The predicted octanol–water partition coefficient (Wildman–Crippen LogP) is 4.61. The first-order valence-electron chi connectivity index (χ1n) is 8.24. The Morgan fingerprint density at radius 1 is 1.10 bits per heavy atom. The molecule has 0 atom stereocenters. The molecule has 2 aliphatic rings. The van der Waals surface area contributed by atoms with E-state index in [1.54, 1.807) is 0 Å². The molecule has 0 radical (unpaired) electrons. The highest BCUT2D eigenvalue weighted by Crippen LogP contribution is 2.33. The van der Waals surface area contributed by atoms with E-state index in [2.05, 4.69) is 29.6 Å². The Morgan fingerprint density at radius 2 is 1.90 bits per heavy atom. The van der Waals surface area contributed by atoms with E-state index in [1.165, 1.54) is 59.1 Å². The molecule has 1 heterocycles. The summed E-state index contributed by atoms with van der Waals surface area (Å²) in [5, 5.41) is 5.05. The first kappa shape index (κ1) is 13.7. The summed E-state index contributed by atoms with van der Waals surface area (Å²) in [6.45, 7) is 1.80. The van der Waals surface area contributed by atoms with Crippen molar-refractivity contribution in [2.75, 3.05) is 0 Å². The van der Waals surface area contributed by atoms with Crippen molar-refractivity contribution in [2.45, 2.75) is 63.8 Å². The van der Waals surface area contributed by atoms with Crippen LogP contribution in [-0.2, 0) is 17.9 Å². The maximum atomic E-state index is 6.20. The molecule has 21 heavy (non-hydrogen) atoms. The minimum absolute atomic E-state index is 0.493. The Kier molecular flexibility index (Phi) is 3.97. The second-order valence-corrected chi connectivity index (χ2v) is 7.51. The normalized spacial score (nSPS) is 19.6. The summed E-state index contributed by atoms with van der Waals surface area (Å²) in [7, 11) is 0. The number of hydrogen-bond acceptors (Lipinski definition) is 3. The third-order valence-corrected chi connectivity index (χ3v) is 5.89. The lowest BCUT2D eigenvalue weighted by atomic mass is 10.1. The maximum Gasteiger partial charge on any atom is 0.0738 e. The SMILES string of the molecule is c1ccc2c(COC3CCCC3)c(CNC3CC3)sc2c1. The molecule has 112 valence electrons. The van der Waals surface area contributed by atoms with E-state index < -0.39 is 0 Å². The average molecular weight is 301 g/mol. The van der Waals surface area contributed by atoms with Gasteiger partial charge in [-0.05, 0) is 37.1 Å². The van der Waals surface area contributed by atoms with Crippen molar-refractivity contribution in [2.24, 2.45) is 0 Å². The fourth-order valence-corrected chi connectivity index (χ4v) is 4.39. The van der Waals surface area contributed by atoms with Gasteiger partial charge >= 0.3 is 0 Å². The minimum Gasteiger partial charge on any atom is -0.373 e. The van der Waals surface area contributed by atoms with Crippen LogP contribution in [0.25, 0.3) is 10.1 Å². The first-order valence-corrected chi connectivity index (χ1v) is 9.06. The molecule has 2 fully saturated rings. The quantitative estimate of drug-likeness (QED) is 0.841. The van der Waals surface area contributed by atoms with Crippen LogP contribution in [0, 0.1) is 0 Å². The van der Waals surface area contributed by atoms with Crippen LogP contribution in [-0.4, -0.2) is 12.1 Å². The van der Waals surface area contributed by atoms with Crippen molar-refractivity contribution < 1.29 is 4.74 Å². The molecule has 0 unspecified atom stereocenters. The van der Waals surface area contributed by atoms with E-state index in [0.717, 1.165) is 19.2 Å². The Labute approximate surface area is 130 Å². The van der Waals surface area contributed by atoms with Crippen LogP contribution >= 0.6 is 11.3 Å². The van der Waals surface area contributed by atoms with Gasteiger partial charge in [0.05, 0.1) is 12.7 Å². The summed E-state index contributed by atoms with van der Waals surface area (Å²) in [4.78, 5) is 1.47. The summed E-state index contributed by atoms with van der Waals surface area (Å²) in [6, 6.07) is 9.53. The monoisotopic (exact) mass is 301 g/mol. The van der Waals surface area contributed by atoms with Crippen molar-refractivity contribution in [1.82, 2.24) is 5.32 Å². The first-order chi connectivity index (χ1) is 10.4. The molecular weight excluding hydrogens is 278 g/mol. The molecule has 0 aliphatic heterocycles. The second-order valence-electron chi connectivity index (χ2n) is 6.37. The molecule has 4 rings (SSSR count). The van der Waals surface area contributed by atoms with E-state index in [9.17, 15) is 0 Å². The smallest absolute Gasteiger partial charge is 0.0738 e. The second kappa shape index (κ2) is 6.07. The summed E-state index contributed by atoms with van der Waals surface area (Å²) in [5.74, 6) is 0. The van der Waals surface area contributed by atoms with Gasteiger partial charge in [-0.15, -0.1) is 11.3 Å². The van der Waals surface area contributed by atoms with Crippen molar-refractivity contribution >= 4 is 21.4 Å². The fraction of sp³-hybridized carbons (Fsp3) is 0.556. The van der Waals surface area contributed by atoms with Crippen molar-refractivity contribution in [3.63, 3.8) is 0 Å². The third-order valence-electron chi connectivity index (χ3n) is 4.68. The van der Waals surface area contributed by atoms with Gasteiger partial charge in [-0.1, -0.05) is 31.0 Å². The maximum absolute atomic E-state index is 6.20. The number of hydrogen-bond donors (Lipinski definition) is 1. The molecule has 0 saturated heterocycles. The van der Waals surface area contributed by atoms with Gasteiger partial charge in [0.25, 0.3) is 0 Å². The molecule has 0 bridgehead atoms. The zero-order chi connectivity index (χ0) is 14.1. The van der Waals surface area contributed by atoms with Crippen LogP contribution < -0.4 is 5.32 Å². The Hall–Kier alpha value is -0.900. The molecule has 1 aromatic carbocycles. The van der Waals surface area contributed by atoms with Gasteiger partial charge in [0.1, 0.15) is 0 Å². The zero-order valence-electron chi connectivity index (χ0n) is 12.4. The molecule has 2 nitrogen and oxygen atoms in total. The Balaban J connectivity index is 1.54. The number of fused-ring (bicyclic) bond motifs is 1. The predicted molar refractivity (Wildman–Crippen MR) is 88.7 cm³/mol. The molecule has 2 saturated carbocycles. The molecule has 0 amide bonds. The molecule has 3 heteroatoms. The molecule has 1 aromatic heterocycles. The number of nitrogens with one attached hydrogen (secondary N) is 1. The van der Waals surface area contributed by atoms with Crippen LogP contribution in [0.1, 0.15) is 49.0 Å². The highest BCUT2D eigenvalue weighted by molar-refractivity contribution is 7.19. The van der Waals surface area contributed by atoms with Crippen LogP contribution in [0.4, 0.5) is 0 Å². The molecule has 0 spiro atoms. The lowest BCUT2D eigenvalue weighted by molar-refractivity contribution is 0.0461. The van der Waals surface area contributed by atoms with Crippen LogP contribution in [0.2, 0.25) is 0 Å². The van der Waals surface area contributed by atoms with Crippen molar-refractivity contribution in [3.8, 4) is 0 Å². The third kappa shape index (κ3) is 3.15. The average Bonchev–Trinajstić information content (AvgIpc) is 3.07. The largest absolute Gasteiger partial charge is 0.373 e. The lowest BCUT2D eigenvalue weighted by Gasteiger charge is -2.12. The van der Waals surface area contributed by atoms with E-state index in [0.29, 0.717) is 6.10 Å². The number of benzene rings is 1. The summed E-state index contributed by atoms with van der Waals surface area (Å²) in [5.41, 5.74) is 1.43. The van der Waals surface area contributed by atoms with E-state index >= 15 is 0 Å². The fourth-order valence-electron chi connectivity index (χ4n) is 3.23. The van der Waals surface area contributed by atoms with Crippen LogP contribution in [0.15, 0.2) is 24.3 Å². The molecule has 2 aliphatic carbocycles. The summed E-state index contributed by atoms with van der Waals surface area (Å²) in [6.07, 6.45) is 8.36. The molecular formula is C18H23NOS. The molecule has 2 aromatic rings. The van der Waals surface area contributed by atoms with Gasteiger partial charge in [-0.25, -0.2) is 0 Å². The lowest BCUT2D eigenvalue weighted by Crippen LogP contribution is -2.16. The summed E-state index contributed by atoms with van der Waals surface area (Å²) >= 11 is 1.93.